The number of nitrogens with one attached hydrogen (secondary N) is 2. The third-order valence-electron chi connectivity index (χ3n) is 3.45. The van der Waals surface area contributed by atoms with E-state index in [1.165, 1.54) is 6.42 Å². The van der Waals surface area contributed by atoms with Crippen LogP contribution >= 0.6 is 0 Å². The van der Waals surface area contributed by atoms with Gasteiger partial charge in [0.1, 0.15) is 0 Å². The lowest BCUT2D eigenvalue weighted by Gasteiger charge is -2.45. The number of hydrogen-bond acceptors (Lipinski definition) is 3. The van der Waals surface area contributed by atoms with E-state index in [0.717, 1.165) is 39.3 Å². The summed E-state index contributed by atoms with van der Waals surface area (Å²) in [5, 5.41) is 6.34. The van der Waals surface area contributed by atoms with Crippen LogP contribution in [0.1, 0.15) is 20.3 Å². The van der Waals surface area contributed by atoms with Gasteiger partial charge in [0, 0.05) is 38.3 Å². The van der Waals surface area contributed by atoms with Crippen molar-refractivity contribution >= 4 is 6.03 Å². The van der Waals surface area contributed by atoms with Crippen LogP contribution < -0.4 is 10.6 Å². The molecule has 0 bridgehead atoms. The Labute approximate surface area is 104 Å². The van der Waals surface area contributed by atoms with Crippen molar-refractivity contribution < 1.29 is 4.79 Å². The van der Waals surface area contributed by atoms with Crippen LogP contribution in [0.4, 0.5) is 4.79 Å². The van der Waals surface area contributed by atoms with Gasteiger partial charge in [-0.05, 0) is 33.4 Å². The molecule has 5 heteroatoms. The molecule has 0 aromatic rings. The van der Waals surface area contributed by atoms with E-state index in [0.29, 0.717) is 6.04 Å². The molecule has 2 aliphatic heterocycles. The standard InChI is InChI=1S/C12H24N4O/c1-10(2)14-12(17)16-8-11(9-16)15-6-3-4-13-5-7-15/h10-11,13H,3-9H2,1-2H3,(H,14,17). The second-order valence-electron chi connectivity index (χ2n) is 5.30. The van der Waals surface area contributed by atoms with E-state index in [1.54, 1.807) is 0 Å². The van der Waals surface area contributed by atoms with Crippen molar-refractivity contribution in [2.75, 3.05) is 39.3 Å². The van der Waals surface area contributed by atoms with Gasteiger partial charge in [-0.25, -0.2) is 4.79 Å². The number of likely N-dealkylation sites (tertiary alicyclic amines) is 1. The molecule has 2 amide bonds. The molecule has 0 aromatic carbocycles. The number of carbonyl (C=O) groups is 1. The first-order chi connectivity index (χ1) is 8.16. The van der Waals surface area contributed by atoms with Gasteiger partial charge in [0.05, 0.1) is 0 Å². The van der Waals surface area contributed by atoms with E-state index in [-0.39, 0.29) is 12.1 Å². The van der Waals surface area contributed by atoms with Crippen molar-refractivity contribution in [3.8, 4) is 0 Å². The summed E-state index contributed by atoms with van der Waals surface area (Å²) in [6, 6.07) is 0.890. The minimum absolute atomic E-state index is 0.0872. The summed E-state index contributed by atoms with van der Waals surface area (Å²) in [7, 11) is 0. The molecular weight excluding hydrogens is 216 g/mol. The maximum Gasteiger partial charge on any atom is 0.317 e. The van der Waals surface area contributed by atoms with Gasteiger partial charge in [-0.2, -0.15) is 0 Å². The molecule has 0 unspecified atom stereocenters. The number of rotatable bonds is 2. The van der Waals surface area contributed by atoms with E-state index in [4.69, 9.17) is 0 Å². The lowest BCUT2D eigenvalue weighted by Crippen LogP contribution is -2.63. The van der Waals surface area contributed by atoms with Crippen molar-refractivity contribution in [2.45, 2.75) is 32.4 Å². The fourth-order valence-electron chi connectivity index (χ4n) is 2.42. The normalized spacial score (nSPS) is 23.4. The highest BCUT2D eigenvalue weighted by Crippen LogP contribution is 2.15. The third-order valence-corrected chi connectivity index (χ3v) is 3.45. The molecule has 0 aliphatic carbocycles. The first-order valence-corrected chi connectivity index (χ1v) is 6.67. The van der Waals surface area contributed by atoms with Crippen LogP contribution in [0.2, 0.25) is 0 Å². The van der Waals surface area contributed by atoms with Crippen LogP contribution in [0.15, 0.2) is 0 Å². The van der Waals surface area contributed by atoms with Gasteiger partial charge in [-0.1, -0.05) is 0 Å². The van der Waals surface area contributed by atoms with Gasteiger partial charge >= 0.3 is 6.03 Å². The molecule has 17 heavy (non-hydrogen) atoms. The van der Waals surface area contributed by atoms with Crippen LogP contribution in [0, 0.1) is 0 Å². The number of hydrogen-bond donors (Lipinski definition) is 2. The second-order valence-corrected chi connectivity index (χ2v) is 5.30. The van der Waals surface area contributed by atoms with Gasteiger partial charge in [-0.15, -0.1) is 0 Å². The van der Waals surface area contributed by atoms with Crippen molar-refractivity contribution in [2.24, 2.45) is 0 Å². The highest BCUT2D eigenvalue weighted by atomic mass is 16.2. The van der Waals surface area contributed by atoms with Gasteiger partial charge < -0.3 is 15.5 Å². The predicted molar refractivity (Wildman–Crippen MR) is 68.1 cm³/mol. The van der Waals surface area contributed by atoms with Crippen LogP contribution in [0.5, 0.6) is 0 Å². The molecule has 98 valence electrons. The van der Waals surface area contributed by atoms with Crippen LogP contribution in [0.25, 0.3) is 0 Å². The second kappa shape index (κ2) is 5.69. The summed E-state index contributed by atoms with van der Waals surface area (Å²) in [6.07, 6.45) is 1.22. The van der Waals surface area contributed by atoms with Crippen LogP contribution in [-0.4, -0.2) is 67.2 Å². The molecule has 0 aromatic heterocycles. The number of nitrogens with zero attached hydrogens (tertiary/aromatic N) is 2. The summed E-state index contributed by atoms with van der Waals surface area (Å²) in [5.74, 6) is 0. The maximum absolute atomic E-state index is 11.7. The molecule has 0 radical (unpaired) electrons. The lowest BCUT2D eigenvalue weighted by atomic mass is 10.1. The Kier molecular flexibility index (Phi) is 4.23. The third kappa shape index (κ3) is 3.33. The highest BCUT2D eigenvalue weighted by Gasteiger charge is 2.34. The number of amides is 2. The zero-order valence-electron chi connectivity index (χ0n) is 10.9. The Morgan fingerprint density at radius 3 is 2.76 bits per heavy atom. The van der Waals surface area contributed by atoms with E-state index in [2.05, 4.69) is 15.5 Å². The van der Waals surface area contributed by atoms with E-state index in [1.807, 2.05) is 18.7 Å². The Morgan fingerprint density at radius 1 is 1.29 bits per heavy atom. The molecule has 2 aliphatic rings. The molecule has 0 atom stereocenters. The first-order valence-electron chi connectivity index (χ1n) is 6.67. The predicted octanol–water partition coefficient (Wildman–Crippen LogP) is 0.0839. The summed E-state index contributed by atoms with van der Waals surface area (Å²) in [6.45, 7) is 10.2. The summed E-state index contributed by atoms with van der Waals surface area (Å²) in [4.78, 5) is 16.1. The maximum atomic E-state index is 11.7. The SMILES string of the molecule is CC(C)NC(=O)N1CC(N2CCCNCC2)C1. The minimum Gasteiger partial charge on any atom is -0.336 e. The Hall–Kier alpha value is -0.810. The smallest absolute Gasteiger partial charge is 0.317 e. The Balaban J connectivity index is 1.72. The fourth-order valence-corrected chi connectivity index (χ4v) is 2.42. The molecule has 0 spiro atoms. The molecule has 5 nitrogen and oxygen atoms in total. The topological polar surface area (TPSA) is 47.6 Å². The Morgan fingerprint density at radius 2 is 2.06 bits per heavy atom. The van der Waals surface area contributed by atoms with Crippen LogP contribution in [-0.2, 0) is 0 Å². The fraction of sp³-hybridized carbons (Fsp3) is 0.917. The summed E-state index contributed by atoms with van der Waals surface area (Å²) >= 11 is 0. The molecule has 2 rings (SSSR count). The van der Waals surface area contributed by atoms with E-state index < -0.39 is 0 Å². The van der Waals surface area contributed by atoms with Gasteiger partial charge in [0.25, 0.3) is 0 Å². The molecule has 2 N–H and O–H groups in total. The van der Waals surface area contributed by atoms with Gasteiger partial charge in [-0.3, -0.25) is 4.90 Å². The molecule has 2 saturated heterocycles. The lowest BCUT2D eigenvalue weighted by molar-refractivity contribution is 0.0600. The molecular formula is C12H24N4O. The van der Waals surface area contributed by atoms with Crippen molar-refractivity contribution in [1.29, 1.82) is 0 Å². The van der Waals surface area contributed by atoms with Gasteiger partial charge in [0.2, 0.25) is 0 Å². The summed E-state index contributed by atoms with van der Waals surface area (Å²) in [5.41, 5.74) is 0. The van der Waals surface area contributed by atoms with Crippen molar-refractivity contribution in [3.63, 3.8) is 0 Å². The van der Waals surface area contributed by atoms with Gasteiger partial charge in [0.15, 0.2) is 0 Å². The van der Waals surface area contributed by atoms with Crippen molar-refractivity contribution in [1.82, 2.24) is 20.4 Å². The first kappa shape index (κ1) is 12.6. The Bertz CT molecular complexity index is 255. The quantitative estimate of drug-likeness (QED) is 0.719. The number of urea groups is 1. The van der Waals surface area contributed by atoms with Crippen LogP contribution in [0.3, 0.4) is 0 Å². The zero-order chi connectivity index (χ0) is 12.3. The van der Waals surface area contributed by atoms with Crippen molar-refractivity contribution in [3.05, 3.63) is 0 Å². The summed E-state index contributed by atoms with van der Waals surface area (Å²) < 4.78 is 0. The zero-order valence-corrected chi connectivity index (χ0v) is 10.9. The van der Waals surface area contributed by atoms with E-state index in [9.17, 15) is 4.79 Å². The monoisotopic (exact) mass is 240 g/mol. The average Bonchev–Trinajstić information content (AvgIpc) is 2.42. The minimum atomic E-state index is 0.0872. The molecule has 2 heterocycles. The average molecular weight is 240 g/mol. The molecule has 2 fully saturated rings. The largest absolute Gasteiger partial charge is 0.336 e. The number of carbonyl (C=O) groups excluding carboxylic acids is 1. The highest BCUT2D eigenvalue weighted by molar-refractivity contribution is 5.75. The van der Waals surface area contributed by atoms with E-state index >= 15 is 0 Å². The molecule has 0 saturated carbocycles.